The molecule has 174 valence electrons. The van der Waals surface area contributed by atoms with Gasteiger partial charge < -0.3 is 9.30 Å². The molecule has 5 rings (SSSR count). The molecular formula is C27H27N3O4. The highest BCUT2D eigenvalue weighted by Gasteiger charge is 2.40. The van der Waals surface area contributed by atoms with E-state index < -0.39 is 17.8 Å². The van der Waals surface area contributed by atoms with Crippen molar-refractivity contribution in [2.75, 3.05) is 6.61 Å². The first kappa shape index (κ1) is 21.9. The Kier molecular flexibility index (Phi) is 6.16. The number of nitrogens with one attached hydrogen (secondary N) is 1. The number of amides is 4. The highest BCUT2D eigenvalue weighted by atomic mass is 16.5. The van der Waals surface area contributed by atoms with Gasteiger partial charge in [0, 0.05) is 35.2 Å². The quantitative estimate of drug-likeness (QED) is 0.321. The fourth-order valence-electron chi connectivity index (χ4n) is 4.84. The molecule has 4 amide bonds. The molecule has 0 unspecified atom stereocenters. The molecule has 7 heteroatoms. The number of aromatic nitrogens is 1. The van der Waals surface area contributed by atoms with Crippen LogP contribution in [0, 0.1) is 0 Å². The Morgan fingerprint density at radius 2 is 1.71 bits per heavy atom. The molecule has 1 saturated heterocycles. The minimum atomic E-state index is -0.641. The number of carbonyl (C=O) groups excluding carboxylic acids is 3. The summed E-state index contributed by atoms with van der Waals surface area (Å²) in [5.74, 6) is -0.306. The third-order valence-corrected chi connectivity index (χ3v) is 6.50. The molecule has 7 nitrogen and oxygen atoms in total. The summed E-state index contributed by atoms with van der Waals surface area (Å²) in [5, 5.41) is 3.30. The number of para-hydroxylation sites is 2. The number of barbiturate groups is 1. The van der Waals surface area contributed by atoms with Crippen molar-refractivity contribution in [2.24, 2.45) is 0 Å². The summed E-state index contributed by atoms with van der Waals surface area (Å²) in [4.78, 5) is 39.4. The second kappa shape index (κ2) is 9.55. The molecule has 34 heavy (non-hydrogen) atoms. The van der Waals surface area contributed by atoms with Crippen molar-refractivity contribution in [2.45, 2.75) is 44.7 Å². The van der Waals surface area contributed by atoms with E-state index in [4.69, 9.17) is 4.74 Å². The van der Waals surface area contributed by atoms with Gasteiger partial charge in [-0.3, -0.25) is 19.8 Å². The lowest BCUT2D eigenvalue weighted by Gasteiger charge is -2.31. The lowest BCUT2D eigenvalue weighted by Crippen LogP contribution is -2.57. The third-order valence-electron chi connectivity index (χ3n) is 6.50. The first-order valence-corrected chi connectivity index (χ1v) is 11.8. The van der Waals surface area contributed by atoms with Crippen molar-refractivity contribution in [3.63, 3.8) is 0 Å². The molecule has 1 aliphatic carbocycles. The molecule has 1 aromatic heterocycles. The molecule has 2 fully saturated rings. The molecule has 2 aliphatic rings. The smallest absolute Gasteiger partial charge is 0.331 e. The van der Waals surface area contributed by atoms with Crippen molar-refractivity contribution in [3.05, 3.63) is 71.9 Å². The van der Waals surface area contributed by atoms with E-state index in [1.165, 1.54) is 4.90 Å². The first-order chi connectivity index (χ1) is 16.6. The molecule has 1 aliphatic heterocycles. The highest BCUT2D eigenvalue weighted by Crippen LogP contribution is 2.29. The molecule has 0 spiro atoms. The van der Waals surface area contributed by atoms with Gasteiger partial charge in [0.2, 0.25) is 0 Å². The van der Waals surface area contributed by atoms with E-state index in [0.717, 1.165) is 60.9 Å². The number of carbonyl (C=O) groups is 3. The van der Waals surface area contributed by atoms with E-state index in [2.05, 4.69) is 9.88 Å². The molecule has 3 aromatic rings. The van der Waals surface area contributed by atoms with Gasteiger partial charge >= 0.3 is 6.03 Å². The second-order valence-corrected chi connectivity index (χ2v) is 8.74. The van der Waals surface area contributed by atoms with Crippen LogP contribution in [0.15, 0.2) is 66.4 Å². The van der Waals surface area contributed by atoms with Crippen LogP contribution in [0.4, 0.5) is 4.79 Å². The first-order valence-electron chi connectivity index (χ1n) is 11.8. The lowest BCUT2D eigenvalue weighted by molar-refractivity contribution is -0.131. The summed E-state index contributed by atoms with van der Waals surface area (Å²) in [6.45, 7) is 1.30. The van der Waals surface area contributed by atoms with Crippen molar-refractivity contribution >= 4 is 34.8 Å². The Morgan fingerprint density at radius 1 is 0.971 bits per heavy atom. The van der Waals surface area contributed by atoms with Crippen molar-refractivity contribution in [1.29, 1.82) is 0 Å². The zero-order valence-corrected chi connectivity index (χ0v) is 18.9. The second-order valence-electron chi connectivity index (χ2n) is 8.74. The fourth-order valence-corrected chi connectivity index (χ4v) is 4.84. The summed E-state index contributed by atoms with van der Waals surface area (Å²) >= 11 is 0. The number of hydrogen-bond acceptors (Lipinski definition) is 4. The van der Waals surface area contributed by atoms with Crippen LogP contribution < -0.4 is 10.1 Å². The standard InChI is InChI=1S/C27H27N3O4/c31-25-23(26(32)30(27(33)28-25)20-9-4-5-10-20)17-19-18-29(24-14-7-6-13-22(19)24)15-8-16-34-21-11-2-1-3-12-21/h1-3,6-7,11-14,17-18,20H,4-5,8-10,15-16H2,(H,28,31,33). The van der Waals surface area contributed by atoms with Crippen molar-refractivity contribution in [1.82, 2.24) is 14.8 Å². The van der Waals surface area contributed by atoms with E-state index in [1.807, 2.05) is 60.8 Å². The number of ether oxygens (including phenoxy) is 1. The van der Waals surface area contributed by atoms with Gasteiger partial charge in [-0.2, -0.15) is 0 Å². The average molecular weight is 458 g/mol. The SMILES string of the molecule is O=C1NC(=O)N(C2CCCC2)C(=O)C1=Cc1cn(CCCOc2ccccc2)c2ccccc12. The van der Waals surface area contributed by atoms with Crippen molar-refractivity contribution in [3.8, 4) is 5.75 Å². The van der Waals surface area contributed by atoms with Gasteiger partial charge in [0.25, 0.3) is 11.8 Å². The fraction of sp³-hybridized carbons (Fsp3) is 0.296. The van der Waals surface area contributed by atoms with Crippen LogP contribution in [0.1, 0.15) is 37.7 Å². The zero-order valence-electron chi connectivity index (χ0n) is 18.9. The Bertz CT molecular complexity index is 1260. The average Bonchev–Trinajstić information content (AvgIpc) is 3.49. The Balaban J connectivity index is 1.38. The molecule has 2 aromatic carbocycles. The maximum Gasteiger partial charge on any atom is 0.331 e. The maximum atomic E-state index is 13.2. The summed E-state index contributed by atoms with van der Waals surface area (Å²) in [5.41, 5.74) is 1.79. The predicted molar refractivity (Wildman–Crippen MR) is 129 cm³/mol. The molecular weight excluding hydrogens is 430 g/mol. The zero-order chi connectivity index (χ0) is 23.5. The topological polar surface area (TPSA) is 80.6 Å². The van der Waals surface area contributed by atoms with Crippen LogP contribution in [-0.2, 0) is 16.1 Å². The Morgan fingerprint density at radius 3 is 2.50 bits per heavy atom. The Labute approximate surface area is 198 Å². The van der Waals surface area contributed by atoms with Gasteiger partial charge in [0.05, 0.1) is 6.61 Å². The number of rotatable bonds is 7. The molecule has 1 saturated carbocycles. The van der Waals surface area contributed by atoms with Gasteiger partial charge in [-0.1, -0.05) is 49.2 Å². The summed E-state index contributed by atoms with van der Waals surface area (Å²) < 4.78 is 7.92. The van der Waals surface area contributed by atoms with Crippen LogP contribution >= 0.6 is 0 Å². The number of hydrogen-bond donors (Lipinski definition) is 1. The van der Waals surface area contributed by atoms with Crippen LogP contribution in [-0.4, -0.2) is 40.0 Å². The summed E-state index contributed by atoms with van der Waals surface area (Å²) in [6, 6.07) is 16.8. The van der Waals surface area contributed by atoms with E-state index in [1.54, 1.807) is 6.08 Å². The van der Waals surface area contributed by atoms with Crippen LogP contribution in [0.5, 0.6) is 5.75 Å². The molecule has 0 bridgehead atoms. The van der Waals surface area contributed by atoms with E-state index in [-0.39, 0.29) is 11.6 Å². The number of fused-ring (bicyclic) bond motifs is 1. The molecule has 0 radical (unpaired) electrons. The van der Waals surface area contributed by atoms with Crippen LogP contribution in [0.3, 0.4) is 0 Å². The summed E-state index contributed by atoms with van der Waals surface area (Å²) in [6.07, 6.45) is 7.90. The Hall–Kier alpha value is -3.87. The monoisotopic (exact) mass is 457 g/mol. The van der Waals surface area contributed by atoms with Gasteiger partial charge in [0.1, 0.15) is 11.3 Å². The minimum absolute atomic E-state index is 0.00168. The maximum absolute atomic E-state index is 13.2. The number of nitrogens with zero attached hydrogens (tertiary/aromatic N) is 2. The number of benzene rings is 2. The largest absolute Gasteiger partial charge is 0.494 e. The number of urea groups is 1. The predicted octanol–water partition coefficient (Wildman–Crippen LogP) is 4.51. The number of aryl methyl sites for hydroxylation is 1. The van der Waals surface area contributed by atoms with Gasteiger partial charge in [-0.25, -0.2) is 4.79 Å². The minimum Gasteiger partial charge on any atom is -0.494 e. The van der Waals surface area contributed by atoms with Gasteiger partial charge in [-0.05, 0) is 43.5 Å². The lowest BCUT2D eigenvalue weighted by atomic mass is 10.0. The molecule has 0 atom stereocenters. The number of imide groups is 2. The van der Waals surface area contributed by atoms with E-state index in [0.29, 0.717) is 6.61 Å². The van der Waals surface area contributed by atoms with E-state index >= 15 is 0 Å². The van der Waals surface area contributed by atoms with E-state index in [9.17, 15) is 14.4 Å². The van der Waals surface area contributed by atoms with Gasteiger partial charge in [0.15, 0.2) is 0 Å². The summed E-state index contributed by atoms with van der Waals surface area (Å²) in [7, 11) is 0. The highest BCUT2D eigenvalue weighted by molar-refractivity contribution is 6.31. The van der Waals surface area contributed by atoms with Gasteiger partial charge in [-0.15, -0.1) is 0 Å². The molecule has 1 N–H and O–H groups in total. The van der Waals surface area contributed by atoms with Crippen molar-refractivity contribution < 1.29 is 19.1 Å². The normalized spacial score (nSPS) is 18.2. The third kappa shape index (κ3) is 4.33. The molecule has 2 heterocycles. The van der Waals surface area contributed by atoms with Crippen LogP contribution in [0.2, 0.25) is 0 Å². The van der Waals surface area contributed by atoms with Crippen LogP contribution in [0.25, 0.3) is 17.0 Å².